The summed E-state index contributed by atoms with van der Waals surface area (Å²) in [4.78, 5) is 4.63. The molecule has 30 heavy (non-hydrogen) atoms. The van der Waals surface area contributed by atoms with Gasteiger partial charge in [-0.25, -0.2) is 0 Å². The highest BCUT2D eigenvalue weighted by Crippen LogP contribution is 2.24. The number of aromatic nitrogens is 1. The predicted octanol–water partition coefficient (Wildman–Crippen LogP) is 6.54. The summed E-state index contributed by atoms with van der Waals surface area (Å²) in [5, 5.41) is 9.29. The molecule has 1 unspecified atom stereocenters. The molecule has 3 heteroatoms. The molecule has 1 aromatic heterocycles. The van der Waals surface area contributed by atoms with Crippen LogP contribution in [0.1, 0.15) is 31.7 Å². The Morgan fingerprint density at radius 3 is 2.30 bits per heavy atom. The van der Waals surface area contributed by atoms with E-state index in [0.29, 0.717) is 6.61 Å². The largest absolute Gasteiger partial charge is 0.490 e. The van der Waals surface area contributed by atoms with Gasteiger partial charge >= 0.3 is 0 Å². The van der Waals surface area contributed by atoms with E-state index in [9.17, 15) is 5.11 Å². The first-order valence-electron chi connectivity index (χ1n) is 10.4. The highest BCUT2D eigenvalue weighted by Gasteiger charge is 2.03. The molecule has 0 saturated carbocycles. The van der Waals surface area contributed by atoms with Crippen molar-refractivity contribution in [3.8, 4) is 28.1 Å². The van der Waals surface area contributed by atoms with E-state index in [1.165, 1.54) is 5.56 Å². The topological polar surface area (TPSA) is 42.4 Å². The summed E-state index contributed by atoms with van der Waals surface area (Å²) >= 11 is 0. The van der Waals surface area contributed by atoms with Gasteiger partial charge in [-0.1, -0.05) is 55.1 Å². The molecule has 2 aromatic carbocycles. The van der Waals surface area contributed by atoms with E-state index in [1.54, 1.807) is 6.08 Å². The summed E-state index contributed by atoms with van der Waals surface area (Å²) in [7, 11) is 0. The molecule has 0 bridgehead atoms. The Bertz CT molecular complexity index is 940. The molecule has 3 aromatic rings. The Morgan fingerprint density at radius 2 is 1.67 bits per heavy atom. The quantitative estimate of drug-likeness (QED) is 0.311. The second kappa shape index (κ2) is 11.1. The first-order chi connectivity index (χ1) is 14.7. The number of hydrogen-bond acceptors (Lipinski definition) is 3. The molecule has 0 spiro atoms. The maximum atomic E-state index is 9.29. The lowest BCUT2D eigenvalue weighted by Crippen LogP contribution is -1.97. The molecule has 3 nitrogen and oxygen atoms in total. The maximum Gasteiger partial charge on any atom is 0.119 e. The van der Waals surface area contributed by atoms with Gasteiger partial charge in [0.1, 0.15) is 12.4 Å². The summed E-state index contributed by atoms with van der Waals surface area (Å²) < 4.78 is 5.53. The molecule has 0 aliphatic rings. The molecular weight excluding hydrogens is 370 g/mol. The fourth-order valence-electron chi connectivity index (χ4n) is 3.15. The third kappa shape index (κ3) is 6.43. The standard InChI is InChI=1S/C27H29NO2/c1-3-19-30-26-16-13-24(14-17-26)27-18-15-25(20-28-27)23-11-9-22(10-12-23)8-6-4-5-7-21(2)29/h3,6,8-18,20-21,29H,1,4-5,7,19H2,2H3/b8-6+. The van der Waals surface area contributed by atoms with Crippen molar-refractivity contribution in [3.05, 3.63) is 91.2 Å². The van der Waals surface area contributed by atoms with Crippen LogP contribution in [0.3, 0.4) is 0 Å². The third-order valence-corrected chi connectivity index (χ3v) is 4.83. The second-order valence-electron chi connectivity index (χ2n) is 7.36. The van der Waals surface area contributed by atoms with Crippen LogP contribution in [-0.2, 0) is 0 Å². The van der Waals surface area contributed by atoms with Gasteiger partial charge in [-0.15, -0.1) is 0 Å². The van der Waals surface area contributed by atoms with Crippen LogP contribution in [0.25, 0.3) is 28.5 Å². The molecule has 0 aliphatic carbocycles. The van der Waals surface area contributed by atoms with Crippen molar-refractivity contribution in [2.24, 2.45) is 0 Å². The minimum atomic E-state index is -0.214. The predicted molar refractivity (Wildman–Crippen MR) is 125 cm³/mol. The van der Waals surface area contributed by atoms with Crippen molar-refractivity contribution in [1.82, 2.24) is 4.98 Å². The van der Waals surface area contributed by atoms with E-state index < -0.39 is 0 Å². The van der Waals surface area contributed by atoms with Gasteiger partial charge in [-0.05, 0) is 67.6 Å². The zero-order chi connectivity index (χ0) is 21.2. The molecule has 0 fully saturated rings. The van der Waals surface area contributed by atoms with Crippen LogP contribution in [0, 0.1) is 0 Å². The van der Waals surface area contributed by atoms with Gasteiger partial charge in [0.2, 0.25) is 0 Å². The van der Waals surface area contributed by atoms with Crippen LogP contribution < -0.4 is 4.74 Å². The van der Waals surface area contributed by atoms with Gasteiger partial charge in [0.05, 0.1) is 11.8 Å². The zero-order valence-electron chi connectivity index (χ0n) is 17.5. The summed E-state index contributed by atoms with van der Waals surface area (Å²) in [5.74, 6) is 0.826. The van der Waals surface area contributed by atoms with Crippen molar-refractivity contribution in [2.45, 2.75) is 32.3 Å². The number of nitrogens with zero attached hydrogens (tertiary/aromatic N) is 1. The van der Waals surface area contributed by atoms with Gasteiger partial charge in [0.25, 0.3) is 0 Å². The minimum Gasteiger partial charge on any atom is -0.490 e. The number of hydrogen-bond donors (Lipinski definition) is 1. The lowest BCUT2D eigenvalue weighted by atomic mass is 10.0. The second-order valence-corrected chi connectivity index (χ2v) is 7.36. The number of unbranched alkanes of at least 4 members (excludes halogenated alkanes) is 1. The van der Waals surface area contributed by atoms with E-state index in [4.69, 9.17) is 4.74 Å². The molecule has 0 aliphatic heterocycles. The Balaban J connectivity index is 1.60. The third-order valence-electron chi connectivity index (χ3n) is 4.83. The SMILES string of the molecule is C=CCOc1ccc(-c2ccc(-c3ccc(/C=C/CCCC(C)O)cc3)cn2)cc1. The van der Waals surface area contributed by atoms with E-state index in [2.05, 4.69) is 54.0 Å². The molecule has 3 rings (SSSR count). The average molecular weight is 400 g/mol. The van der Waals surface area contributed by atoms with Gasteiger partial charge < -0.3 is 9.84 Å². The molecule has 0 radical (unpaired) electrons. The molecule has 0 saturated heterocycles. The number of ether oxygens (including phenoxy) is 1. The summed E-state index contributed by atoms with van der Waals surface area (Å²) in [6.07, 6.45) is 10.6. The van der Waals surface area contributed by atoms with Crippen molar-refractivity contribution >= 4 is 6.08 Å². The number of aliphatic hydroxyl groups is 1. The van der Waals surface area contributed by atoms with Crippen LogP contribution in [-0.4, -0.2) is 22.8 Å². The number of aliphatic hydroxyl groups excluding tert-OH is 1. The first kappa shape index (κ1) is 21.5. The average Bonchev–Trinajstić information content (AvgIpc) is 2.78. The molecule has 1 N–H and O–H groups in total. The summed E-state index contributed by atoms with van der Waals surface area (Å²) in [6.45, 7) is 6.00. The van der Waals surface area contributed by atoms with Crippen molar-refractivity contribution in [1.29, 1.82) is 0 Å². The molecular formula is C27H29NO2. The maximum absolute atomic E-state index is 9.29. The van der Waals surface area contributed by atoms with E-state index in [-0.39, 0.29) is 6.10 Å². The Kier molecular flexibility index (Phi) is 7.99. The fraction of sp³-hybridized carbons (Fsp3) is 0.222. The van der Waals surface area contributed by atoms with Crippen molar-refractivity contribution < 1.29 is 9.84 Å². The molecule has 0 amide bonds. The summed E-state index contributed by atoms with van der Waals surface area (Å²) in [6, 6.07) is 20.6. The monoisotopic (exact) mass is 399 g/mol. The Labute approximate surface area is 179 Å². The first-order valence-corrected chi connectivity index (χ1v) is 10.4. The Hall–Kier alpha value is -3.17. The van der Waals surface area contributed by atoms with Gasteiger partial charge in [0.15, 0.2) is 0 Å². The Morgan fingerprint density at radius 1 is 0.967 bits per heavy atom. The number of benzene rings is 2. The van der Waals surface area contributed by atoms with Crippen LogP contribution in [0.15, 0.2) is 85.6 Å². The van der Waals surface area contributed by atoms with Crippen LogP contribution in [0.5, 0.6) is 5.75 Å². The van der Waals surface area contributed by atoms with Crippen molar-refractivity contribution in [3.63, 3.8) is 0 Å². The molecule has 1 heterocycles. The fourth-order valence-corrected chi connectivity index (χ4v) is 3.15. The van der Waals surface area contributed by atoms with E-state index in [1.807, 2.05) is 43.5 Å². The van der Waals surface area contributed by atoms with Crippen molar-refractivity contribution in [2.75, 3.05) is 6.61 Å². The van der Waals surface area contributed by atoms with Gasteiger partial charge in [0, 0.05) is 17.3 Å². The van der Waals surface area contributed by atoms with Gasteiger partial charge in [-0.3, -0.25) is 4.98 Å². The normalized spacial score (nSPS) is 12.1. The molecule has 154 valence electrons. The van der Waals surface area contributed by atoms with Gasteiger partial charge in [-0.2, -0.15) is 0 Å². The van der Waals surface area contributed by atoms with Crippen LogP contribution in [0.4, 0.5) is 0 Å². The van der Waals surface area contributed by atoms with Crippen LogP contribution in [0.2, 0.25) is 0 Å². The molecule has 1 atom stereocenters. The zero-order valence-corrected chi connectivity index (χ0v) is 17.5. The number of rotatable bonds is 10. The lowest BCUT2D eigenvalue weighted by Gasteiger charge is -2.07. The number of allylic oxidation sites excluding steroid dienone is 1. The van der Waals surface area contributed by atoms with E-state index >= 15 is 0 Å². The van der Waals surface area contributed by atoms with E-state index in [0.717, 1.165) is 47.4 Å². The lowest BCUT2D eigenvalue weighted by molar-refractivity contribution is 0.182. The minimum absolute atomic E-state index is 0.214. The highest BCUT2D eigenvalue weighted by molar-refractivity contribution is 5.68. The highest BCUT2D eigenvalue weighted by atomic mass is 16.5. The summed E-state index contributed by atoms with van der Waals surface area (Å²) in [5.41, 5.74) is 5.42. The van der Waals surface area contributed by atoms with Crippen LogP contribution >= 0.6 is 0 Å². The number of pyridine rings is 1. The smallest absolute Gasteiger partial charge is 0.119 e.